The molecule has 0 bridgehead atoms. The summed E-state index contributed by atoms with van der Waals surface area (Å²) in [5.74, 6) is -0.526. The third-order valence-corrected chi connectivity index (χ3v) is 2.34. The summed E-state index contributed by atoms with van der Waals surface area (Å²) in [7, 11) is 0. The Hall–Kier alpha value is -1.27. The molecule has 7 heteroatoms. The predicted octanol–water partition coefficient (Wildman–Crippen LogP) is 2.59. The second-order valence-electron chi connectivity index (χ2n) is 4.10. The van der Waals surface area contributed by atoms with Crippen LogP contribution in [-0.2, 0) is 6.18 Å². The molecule has 0 spiro atoms. The van der Waals surface area contributed by atoms with Crippen LogP contribution >= 0.6 is 12.4 Å². The van der Waals surface area contributed by atoms with E-state index in [0.29, 0.717) is 13.0 Å². The molecule has 0 saturated carbocycles. The van der Waals surface area contributed by atoms with Gasteiger partial charge in [0.25, 0.3) is 5.91 Å². The molecule has 0 radical (unpaired) electrons. The molecule has 0 aromatic heterocycles. The van der Waals surface area contributed by atoms with Crippen molar-refractivity contribution >= 4 is 18.3 Å². The zero-order valence-electron chi connectivity index (χ0n) is 10.3. The summed E-state index contributed by atoms with van der Waals surface area (Å²) >= 11 is 0. The topological polar surface area (TPSA) is 55.1 Å². The highest BCUT2D eigenvalue weighted by atomic mass is 35.5. The van der Waals surface area contributed by atoms with Crippen LogP contribution in [0.25, 0.3) is 0 Å². The van der Waals surface area contributed by atoms with Crippen molar-refractivity contribution in [2.24, 2.45) is 5.73 Å². The maximum Gasteiger partial charge on any atom is 0.416 e. The van der Waals surface area contributed by atoms with Crippen molar-refractivity contribution in [2.75, 3.05) is 6.54 Å². The summed E-state index contributed by atoms with van der Waals surface area (Å²) in [5.41, 5.74) is 4.66. The summed E-state index contributed by atoms with van der Waals surface area (Å²) in [4.78, 5) is 11.6. The van der Waals surface area contributed by atoms with Gasteiger partial charge in [0, 0.05) is 18.2 Å². The van der Waals surface area contributed by atoms with Gasteiger partial charge in [-0.2, -0.15) is 13.2 Å². The number of amides is 1. The highest BCUT2D eigenvalue weighted by molar-refractivity contribution is 5.94. The Labute approximate surface area is 115 Å². The van der Waals surface area contributed by atoms with Crippen molar-refractivity contribution in [1.82, 2.24) is 5.32 Å². The second kappa shape index (κ2) is 7.35. The molecule has 108 valence electrons. The van der Waals surface area contributed by atoms with Crippen LogP contribution in [0.3, 0.4) is 0 Å². The molecule has 0 fully saturated rings. The van der Waals surface area contributed by atoms with E-state index in [1.165, 1.54) is 12.1 Å². The van der Waals surface area contributed by atoms with E-state index < -0.39 is 17.6 Å². The molecule has 0 aliphatic carbocycles. The van der Waals surface area contributed by atoms with E-state index in [9.17, 15) is 18.0 Å². The molecule has 19 heavy (non-hydrogen) atoms. The Bertz CT molecular complexity index is 422. The van der Waals surface area contributed by atoms with E-state index >= 15 is 0 Å². The van der Waals surface area contributed by atoms with Gasteiger partial charge >= 0.3 is 6.18 Å². The van der Waals surface area contributed by atoms with Gasteiger partial charge in [-0.25, -0.2) is 0 Å². The van der Waals surface area contributed by atoms with Gasteiger partial charge in [0.1, 0.15) is 0 Å². The van der Waals surface area contributed by atoms with Crippen molar-refractivity contribution in [3.05, 3.63) is 35.4 Å². The number of carbonyl (C=O) groups excluding carboxylic acids is 1. The number of benzene rings is 1. The normalized spacial score (nSPS) is 12.5. The summed E-state index contributed by atoms with van der Waals surface area (Å²) in [6.07, 6.45) is -3.87. The van der Waals surface area contributed by atoms with Gasteiger partial charge in [-0.15, -0.1) is 12.4 Å². The molecule has 1 aromatic carbocycles. The van der Waals surface area contributed by atoms with Gasteiger partial charge in [-0.3, -0.25) is 4.79 Å². The van der Waals surface area contributed by atoms with E-state index in [0.717, 1.165) is 12.1 Å². The smallest absolute Gasteiger partial charge is 0.352 e. The molecule has 0 heterocycles. The molecule has 1 amide bonds. The fourth-order valence-electron chi connectivity index (χ4n) is 1.35. The molecule has 3 nitrogen and oxygen atoms in total. The minimum Gasteiger partial charge on any atom is -0.352 e. The Morgan fingerprint density at radius 2 is 2.05 bits per heavy atom. The van der Waals surface area contributed by atoms with Crippen LogP contribution in [0.15, 0.2) is 24.3 Å². The van der Waals surface area contributed by atoms with Gasteiger partial charge in [-0.05, 0) is 31.5 Å². The molecule has 1 unspecified atom stereocenters. The van der Waals surface area contributed by atoms with Crippen LogP contribution < -0.4 is 11.1 Å². The molecule has 1 aromatic rings. The van der Waals surface area contributed by atoms with Crippen LogP contribution in [0.2, 0.25) is 0 Å². The largest absolute Gasteiger partial charge is 0.416 e. The van der Waals surface area contributed by atoms with E-state index in [1.807, 2.05) is 0 Å². The lowest BCUT2D eigenvalue weighted by Crippen LogP contribution is -2.29. The first kappa shape index (κ1) is 17.7. The minimum atomic E-state index is -4.44. The summed E-state index contributed by atoms with van der Waals surface area (Å²) in [6.45, 7) is 2.13. The van der Waals surface area contributed by atoms with Crippen molar-refractivity contribution in [3.63, 3.8) is 0 Å². The van der Waals surface area contributed by atoms with Gasteiger partial charge < -0.3 is 11.1 Å². The Balaban J connectivity index is 0.00000324. The lowest BCUT2D eigenvalue weighted by Gasteiger charge is -2.10. The first-order valence-corrected chi connectivity index (χ1v) is 5.51. The Morgan fingerprint density at radius 1 is 1.42 bits per heavy atom. The molecule has 0 saturated heterocycles. The van der Waals surface area contributed by atoms with Gasteiger partial charge in [0.15, 0.2) is 0 Å². The molecule has 1 rings (SSSR count). The SMILES string of the molecule is CC(N)CCNC(=O)c1cccc(C(F)(F)F)c1.Cl. The number of alkyl halides is 3. The van der Waals surface area contributed by atoms with Gasteiger partial charge in [-0.1, -0.05) is 6.07 Å². The fraction of sp³-hybridized carbons (Fsp3) is 0.417. The quantitative estimate of drug-likeness (QED) is 0.897. The number of hydrogen-bond acceptors (Lipinski definition) is 2. The molecular weight excluding hydrogens is 281 g/mol. The highest BCUT2D eigenvalue weighted by Crippen LogP contribution is 2.29. The van der Waals surface area contributed by atoms with Crippen LogP contribution in [0, 0.1) is 0 Å². The summed E-state index contributed by atoms with van der Waals surface area (Å²) in [6, 6.07) is 4.26. The van der Waals surface area contributed by atoms with Gasteiger partial charge in [0.2, 0.25) is 0 Å². The highest BCUT2D eigenvalue weighted by Gasteiger charge is 2.30. The first-order chi connectivity index (χ1) is 8.30. The first-order valence-electron chi connectivity index (χ1n) is 5.51. The van der Waals surface area contributed by atoms with E-state index in [2.05, 4.69) is 5.32 Å². The lowest BCUT2D eigenvalue weighted by atomic mass is 10.1. The third kappa shape index (κ3) is 5.94. The monoisotopic (exact) mass is 296 g/mol. The van der Waals surface area contributed by atoms with E-state index in [4.69, 9.17) is 5.73 Å². The van der Waals surface area contributed by atoms with E-state index in [-0.39, 0.29) is 24.0 Å². The summed E-state index contributed by atoms with van der Waals surface area (Å²) in [5, 5.41) is 2.52. The van der Waals surface area contributed by atoms with Crippen LogP contribution in [0.5, 0.6) is 0 Å². The average molecular weight is 297 g/mol. The number of nitrogens with two attached hydrogens (primary N) is 1. The van der Waals surface area contributed by atoms with Gasteiger partial charge in [0.05, 0.1) is 5.56 Å². The molecule has 1 atom stereocenters. The maximum atomic E-state index is 12.4. The minimum absolute atomic E-state index is 0. The second-order valence-corrected chi connectivity index (χ2v) is 4.10. The van der Waals surface area contributed by atoms with Crippen LogP contribution in [-0.4, -0.2) is 18.5 Å². The fourth-order valence-corrected chi connectivity index (χ4v) is 1.35. The Kier molecular flexibility index (Phi) is 6.86. The average Bonchev–Trinajstić information content (AvgIpc) is 2.27. The summed E-state index contributed by atoms with van der Waals surface area (Å²) < 4.78 is 37.3. The maximum absolute atomic E-state index is 12.4. The Morgan fingerprint density at radius 3 is 2.58 bits per heavy atom. The van der Waals surface area contributed by atoms with Crippen molar-refractivity contribution in [1.29, 1.82) is 0 Å². The molecule has 0 aliphatic rings. The number of rotatable bonds is 4. The van der Waals surface area contributed by atoms with Crippen molar-refractivity contribution < 1.29 is 18.0 Å². The number of hydrogen-bond donors (Lipinski definition) is 2. The van der Waals surface area contributed by atoms with Crippen LogP contribution in [0.4, 0.5) is 13.2 Å². The van der Waals surface area contributed by atoms with Crippen molar-refractivity contribution in [3.8, 4) is 0 Å². The van der Waals surface area contributed by atoms with Crippen molar-refractivity contribution in [2.45, 2.75) is 25.6 Å². The van der Waals surface area contributed by atoms with Crippen LogP contribution in [0.1, 0.15) is 29.3 Å². The molecular formula is C12H16ClF3N2O. The number of nitrogens with one attached hydrogen (secondary N) is 1. The zero-order chi connectivity index (χ0) is 13.8. The standard InChI is InChI=1S/C12H15F3N2O.ClH/c1-8(16)5-6-17-11(18)9-3-2-4-10(7-9)12(13,14)15;/h2-4,7-8H,5-6,16H2,1H3,(H,17,18);1H. The van der Waals surface area contributed by atoms with E-state index in [1.54, 1.807) is 6.92 Å². The predicted molar refractivity (Wildman–Crippen MR) is 69.3 cm³/mol. The third-order valence-electron chi connectivity index (χ3n) is 2.34. The number of carbonyl (C=O) groups is 1. The molecule has 0 aliphatic heterocycles. The molecule has 3 N–H and O–H groups in total. The zero-order valence-corrected chi connectivity index (χ0v) is 11.1. The number of halogens is 4. The lowest BCUT2D eigenvalue weighted by molar-refractivity contribution is -0.137.